The lowest BCUT2D eigenvalue weighted by Crippen LogP contribution is -2.27. The number of hydrogen-bond acceptors (Lipinski definition) is 6. The fourth-order valence-electron chi connectivity index (χ4n) is 2.40. The molecule has 26 heavy (non-hydrogen) atoms. The summed E-state index contributed by atoms with van der Waals surface area (Å²) in [5.74, 6) is 0.0167. The largest absolute Gasteiger partial charge is 0.382 e. The van der Waals surface area contributed by atoms with Crippen LogP contribution in [0.1, 0.15) is 33.0 Å². The van der Waals surface area contributed by atoms with Crippen molar-refractivity contribution in [1.82, 2.24) is 30.0 Å². The molecule has 3 aromatic heterocycles. The summed E-state index contributed by atoms with van der Waals surface area (Å²) in [6, 6.07) is 3.77. The summed E-state index contributed by atoms with van der Waals surface area (Å²) >= 11 is 0. The Hall–Kier alpha value is -3.55. The number of anilines is 1. The molecule has 0 atom stereocenters. The molecule has 0 saturated heterocycles. The molecule has 1 amide bonds. The zero-order valence-electron chi connectivity index (χ0n) is 14.6. The van der Waals surface area contributed by atoms with Crippen molar-refractivity contribution in [3.05, 3.63) is 65.5 Å². The summed E-state index contributed by atoms with van der Waals surface area (Å²) in [4.78, 5) is 25.3. The lowest BCUT2D eigenvalue weighted by molar-refractivity contribution is 0.0946. The summed E-state index contributed by atoms with van der Waals surface area (Å²) < 4.78 is 1.55. The molecule has 8 heteroatoms. The van der Waals surface area contributed by atoms with Crippen molar-refractivity contribution < 1.29 is 4.79 Å². The minimum absolute atomic E-state index is 0.0222. The quantitative estimate of drug-likeness (QED) is 0.727. The van der Waals surface area contributed by atoms with E-state index >= 15 is 0 Å². The van der Waals surface area contributed by atoms with Crippen LogP contribution in [0.5, 0.6) is 0 Å². The number of nitrogens with zero attached hydrogens (tertiary/aromatic N) is 5. The molecular weight excluding hydrogens is 330 g/mol. The first-order chi connectivity index (χ1) is 12.5. The van der Waals surface area contributed by atoms with Crippen LogP contribution in [-0.2, 0) is 6.54 Å². The molecular formula is C18H19N7O. The molecule has 3 heterocycles. The highest BCUT2D eigenvalue weighted by Gasteiger charge is 2.18. The van der Waals surface area contributed by atoms with E-state index < -0.39 is 5.91 Å². The second kappa shape index (κ2) is 7.14. The summed E-state index contributed by atoms with van der Waals surface area (Å²) in [5.41, 5.74) is 9.16. The van der Waals surface area contributed by atoms with Crippen LogP contribution in [0.3, 0.4) is 0 Å². The Morgan fingerprint density at radius 3 is 2.85 bits per heavy atom. The van der Waals surface area contributed by atoms with Gasteiger partial charge in [-0.1, -0.05) is 12.6 Å². The predicted molar refractivity (Wildman–Crippen MR) is 98.5 cm³/mol. The topological polar surface area (TPSA) is 112 Å². The number of nitrogens with one attached hydrogen (secondary N) is 1. The van der Waals surface area contributed by atoms with Crippen LogP contribution in [0.4, 0.5) is 5.82 Å². The Bertz CT molecular complexity index is 977. The number of nitrogen functional groups attached to an aromatic ring is 1. The second-order valence-electron chi connectivity index (χ2n) is 5.78. The molecule has 0 bridgehead atoms. The van der Waals surface area contributed by atoms with Gasteiger partial charge in [0.1, 0.15) is 5.69 Å². The van der Waals surface area contributed by atoms with Crippen LogP contribution in [0.25, 0.3) is 11.9 Å². The van der Waals surface area contributed by atoms with Gasteiger partial charge in [-0.25, -0.2) is 14.6 Å². The third-order valence-electron chi connectivity index (χ3n) is 3.80. The minimum atomic E-state index is -0.425. The van der Waals surface area contributed by atoms with E-state index in [1.807, 2.05) is 26.0 Å². The smallest absolute Gasteiger partial charge is 0.274 e. The molecule has 3 aromatic rings. The highest BCUT2D eigenvalue weighted by Crippen LogP contribution is 2.16. The first-order valence-corrected chi connectivity index (χ1v) is 8.00. The van der Waals surface area contributed by atoms with Gasteiger partial charge in [0.15, 0.2) is 17.3 Å². The van der Waals surface area contributed by atoms with Gasteiger partial charge in [-0.3, -0.25) is 9.78 Å². The van der Waals surface area contributed by atoms with Crippen LogP contribution >= 0.6 is 0 Å². The molecule has 0 spiro atoms. The fraction of sp³-hybridized carbons (Fsp3) is 0.167. The Labute approximate surface area is 150 Å². The van der Waals surface area contributed by atoms with Gasteiger partial charge in [0.25, 0.3) is 5.91 Å². The van der Waals surface area contributed by atoms with E-state index in [0.717, 1.165) is 16.8 Å². The van der Waals surface area contributed by atoms with E-state index in [1.54, 1.807) is 23.3 Å². The van der Waals surface area contributed by atoms with Crippen molar-refractivity contribution in [2.24, 2.45) is 0 Å². The number of nitrogens with two attached hydrogens (primary N) is 1. The normalized spacial score (nSPS) is 10.5. The Balaban J connectivity index is 1.87. The van der Waals surface area contributed by atoms with Crippen LogP contribution in [-0.4, -0.2) is 30.6 Å². The van der Waals surface area contributed by atoms with Crippen molar-refractivity contribution >= 4 is 17.8 Å². The Morgan fingerprint density at radius 2 is 2.19 bits per heavy atom. The zero-order chi connectivity index (χ0) is 18.7. The Morgan fingerprint density at radius 1 is 1.38 bits per heavy atom. The average Bonchev–Trinajstić information content (AvgIpc) is 3.06. The van der Waals surface area contributed by atoms with Crippen LogP contribution in [0.2, 0.25) is 0 Å². The van der Waals surface area contributed by atoms with Crippen LogP contribution in [0.15, 0.2) is 37.3 Å². The first kappa shape index (κ1) is 17.3. The predicted octanol–water partition coefficient (Wildman–Crippen LogP) is 1.83. The van der Waals surface area contributed by atoms with Gasteiger partial charge in [0.2, 0.25) is 0 Å². The molecule has 0 aliphatic heterocycles. The molecule has 8 nitrogen and oxygen atoms in total. The number of aryl methyl sites for hydroxylation is 2. The summed E-state index contributed by atoms with van der Waals surface area (Å²) in [7, 11) is 0. The highest BCUT2D eigenvalue weighted by atomic mass is 16.1. The van der Waals surface area contributed by atoms with E-state index in [0.29, 0.717) is 11.5 Å². The van der Waals surface area contributed by atoms with Gasteiger partial charge in [-0.2, -0.15) is 5.10 Å². The lowest BCUT2D eigenvalue weighted by Gasteiger charge is -2.11. The molecule has 0 aliphatic rings. The monoisotopic (exact) mass is 349 g/mol. The van der Waals surface area contributed by atoms with Crippen molar-refractivity contribution in [3.8, 4) is 5.82 Å². The molecule has 0 unspecified atom stereocenters. The highest BCUT2D eigenvalue weighted by molar-refractivity contribution is 5.96. The molecule has 0 aromatic carbocycles. The van der Waals surface area contributed by atoms with Crippen LogP contribution < -0.4 is 11.1 Å². The number of carbonyl (C=O) groups excluding carboxylic acids is 1. The standard InChI is InChI=1S/C18H19N7O/c1-4-13-17(25-10-11(2)8-22-25)24-16(19)15(23-13)18(26)21-9-14-12(3)6-5-7-20-14/h4-8,10H,1,9H2,2-3H3,(H2,19,24)(H,21,26). The maximum absolute atomic E-state index is 12.5. The summed E-state index contributed by atoms with van der Waals surface area (Å²) in [5, 5.41) is 6.97. The SMILES string of the molecule is C=Cc1nc(C(=O)NCc2ncccc2C)c(N)nc1-n1cc(C)cn1. The second-order valence-corrected chi connectivity index (χ2v) is 5.78. The van der Waals surface area contributed by atoms with Gasteiger partial charge < -0.3 is 11.1 Å². The van der Waals surface area contributed by atoms with Crippen molar-refractivity contribution in [3.63, 3.8) is 0 Å². The minimum Gasteiger partial charge on any atom is -0.382 e. The third kappa shape index (κ3) is 3.44. The number of hydrogen-bond donors (Lipinski definition) is 2. The van der Waals surface area contributed by atoms with Crippen molar-refractivity contribution in [2.45, 2.75) is 20.4 Å². The molecule has 0 fully saturated rings. The van der Waals surface area contributed by atoms with E-state index in [2.05, 4.69) is 31.9 Å². The number of rotatable bonds is 5. The van der Waals surface area contributed by atoms with E-state index in [-0.39, 0.29) is 18.1 Å². The first-order valence-electron chi connectivity index (χ1n) is 8.00. The van der Waals surface area contributed by atoms with Crippen LogP contribution in [0, 0.1) is 13.8 Å². The number of carbonyl (C=O) groups is 1. The maximum atomic E-state index is 12.5. The van der Waals surface area contributed by atoms with E-state index in [4.69, 9.17) is 5.73 Å². The number of aromatic nitrogens is 5. The molecule has 3 rings (SSSR count). The molecule has 0 saturated carbocycles. The molecule has 3 N–H and O–H groups in total. The van der Waals surface area contributed by atoms with E-state index in [1.165, 1.54) is 6.08 Å². The van der Waals surface area contributed by atoms with Crippen molar-refractivity contribution in [1.29, 1.82) is 0 Å². The number of pyridine rings is 1. The van der Waals surface area contributed by atoms with Crippen molar-refractivity contribution in [2.75, 3.05) is 5.73 Å². The van der Waals surface area contributed by atoms with Gasteiger partial charge in [-0.15, -0.1) is 0 Å². The Kier molecular flexibility index (Phi) is 4.74. The van der Waals surface area contributed by atoms with E-state index in [9.17, 15) is 4.79 Å². The third-order valence-corrected chi connectivity index (χ3v) is 3.80. The van der Waals surface area contributed by atoms with Gasteiger partial charge >= 0.3 is 0 Å². The van der Waals surface area contributed by atoms with Gasteiger partial charge in [0.05, 0.1) is 18.4 Å². The molecule has 0 radical (unpaired) electrons. The number of amides is 1. The summed E-state index contributed by atoms with van der Waals surface area (Å²) in [6.07, 6.45) is 6.68. The zero-order valence-corrected chi connectivity index (χ0v) is 14.6. The summed E-state index contributed by atoms with van der Waals surface area (Å²) in [6.45, 7) is 7.85. The lowest BCUT2D eigenvalue weighted by atomic mass is 10.2. The average molecular weight is 349 g/mol. The molecule has 132 valence electrons. The van der Waals surface area contributed by atoms with Gasteiger partial charge in [-0.05, 0) is 37.1 Å². The van der Waals surface area contributed by atoms with Gasteiger partial charge in [0, 0.05) is 12.4 Å². The maximum Gasteiger partial charge on any atom is 0.274 e. The fourth-order valence-corrected chi connectivity index (χ4v) is 2.40. The molecule has 0 aliphatic carbocycles.